The lowest BCUT2D eigenvalue weighted by Gasteiger charge is -2.08. The molecule has 0 heterocycles. The molecule has 0 fully saturated rings. The SMILES string of the molecule is NC(CCCBr)OBO. The van der Waals surface area contributed by atoms with Crippen molar-refractivity contribution in [1.29, 1.82) is 0 Å². The van der Waals surface area contributed by atoms with E-state index in [4.69, 9.17) is 10.8 Å². The molecule has 0 aromatic carbocycles. The van der Waals surface area contributed by atoms with E-state index in [9.17, 15) is 0 Å². The second kappa shape index (κ2) is 6.54. The van der Waals surface area contributed by atoms with Crippen LogP contribution in [0.15, 0.2) is 0 Å². The first-order valence-electron chi connectivity index (χ1n) is 2.85. The van der Waals surface area contributed by atoms with E-state index in [1.165, 1.54) is 0 Å². The molecule has 5 heteroatoms. The average Bonchev–Trinajstić information content (AvgIpc) is 1.85. The summed E-state index contributed by atoms with van der Waals surface area (Å²) in [5.74, 6) is 0. The predicted molar refractivity (Wildman–Crippen MR) is 41.5 cm³/mol. The van der Waals surface area contributed by atoms with Gasteiger partial charge in [0.1, 0.15) is 0 Å². The smallest absolute Gasteiger partial charge is 0.430 e. The molecule has 54 valence electrons. The number of rotatable bonds is 5. The van der Waals surface area contributed by atoms with Gasteiger partial charge >= 0.3 is 7.69 Å². The Kier molecular flexibility index (Phi) is 6.85. The van der Waals surface area contributed by atoms with Crippen molar-refractivity contribution in [1.82, 2.24) is 0 Å². The van der Waals surface area contributed by atoms with E-state index < -0.39 is 0 Å². The van der Waals surface area contributed by atoms with Crippen LogP contribution in [0.4, 0.5) is 0 Å². The van der Waals surface area contributed by atoms with Gasteiger partial charge in [0.05, 0.1) is 6.23 Å². The van der Waals surface area contributed by atoms with Crippen molar-refractivity contribution in [2.24, 2.45) is 5.73 Å². The van der Waals surface area contributed by atoms with Gasteiger partial charge in [0.15, 0.2) is 0 Å². The maximum absolute atomic E-state index is 8.22. The van der Waals surface area contributed by atoms with Crippen molar-refractivity contribution in [2.45, 2.75) is 19.1 Å². The van der Waals surface area contributed by atoms with E-state index in [2.05, 4.69) is 20.6 Å². The van der Waals surface area contributed by atoms with Crippen LogP contribution in [0.5, 0.6) is 0 Å². The molecular formula is C4H11BBrNO2. The lowest BCUT2D eigenvalue weighted by Crippen LogP contribution is -2.25. The summed E-state index contributed by atoms with van der Waals surface area (Å²) < 4.78 is 4.66. The largest absolute Gasteiger partial charge is 0.436 e. The van der Waals surface area contributed by atoms with Crippen LogP contribution in [0.3, 0.4) is 0 Å². The summed E-state index contributed by atoms with van der Waals surface area (Å²) in [6.45, 7) is 0. The quantitative estimate of drug-likeness (QED) is 0.361. The van der Waals surface area contributed by atoms with E-state index >= 15 is 0 Å². The van der Waals surface area contributed by atoms with Crippen LogP contribution in [0.1, 0.15) is 12.8 Å². The van der Waals surface area contributed by atoms with Crippen molar-refractivity contribution in [3.05, 3.63) is 0 Å². The molecule has 0 aromatic rings. The Labute approximate surface area is 64.0 Å². The summed E-state index contributed by atoms with van der Waals surface area (Å²) >= 11 is 3.26. The van der Waals surface area contributed by atoms with Gasteiger partial charge < -0.3 is 15.4 Å². The highest BCUT2D eigenvalue weighted by Crippen LogP contribution is 1.97. The normalized spacial score (nSPS) is 13.2. The number of alkyl halides is 1. The van der Waals surface area contributed by atoms with Gasteiger partial charge in [-0.25, -0.2) is 0 Å². The second-order valence-electron chi connectivity index (χ2n) is 1.67. The van der Waals surface area contributed by atoms with Gasteiger partial charge in [0.2, 0.25) is 0 Å². The van der Waals surface area contributed by atoms with E-state index in [0.29, 0.717) is 0 Å². The van der Waals surface area contributed by atoms with Gasteiger partial charge in [-0.1, -0.05) is 15.9 Å². The topological polar surface area (TPSA) is 55.5 Å². The highest BCUT2D eigenvalue weighted by Gasteiger charge is 1.99. The summed E-state index contributed by atoms with van der Waals surface area (Å²) in [6.07, 6.45) is 1.44. The Balaban J connectivity index is 2.95. The zero-order valence-corrected chi connectivity index (χ0v) is 6.80. The van der Waals surface area contributed by atoms with Crippen LogP contribution >= 0.6 is 15.9 Å². The van der Waals surface area contributed by atoms with Crippen molar-refractivity contribution in [3.8, 4) is 0 Å². The van der Waals surface area contributed by atoms with Crippen LogP contribution in [-0.4, -0.2) is 24.3 Å². The van der Waals surface area contributed by atoms with Crippen molar-refractivity contribution < 1.29 is 9.68 Å². The molecule has 0 saturated carbocycles. The maximum atomic E-state index is 8.22. The van der Waals surface area contributed by atoms with Crippen LogP contribution < -0.4 is 5.73 Å². The first-order chi connectivity index (χ1) is 4.31. The van der Waals surface area contributed by atoms with Gasteiger partial charge in [0, 0.05) is 5.33 Å². The Morgan fingerprint density at radius 1 is 1.78 bits per heavy atom. The molecular weight excluding hydrogens is 185 g/mol. The third-order valence-corrected chi connectivity index (χ3v) is 1.47. The molecule has 3 N–H and O–H groups in total. The summed E-state index contributed by atoms with van der Waals surface area (Å²) in [5.41, 5.74) is 5.37. The Morgan fingerprint density at radius 2 is 2.44 bits per heavy atom. The zero-order valence-electron chi connectivity index (χ0n) is 5.22. The number of halogens is 1. The minimum Gasteiger partial charge on any atom is -0.430 e. The van der Waals surface area contributed by atoms with E-state index in [1.807, 2.05) is 0 Å². The molecule has 9 heavy (non-hydrogen) atoms. The predicted octanol–water partition coefficient (Wildman–Crippen LogP) is -0.278. The molecule has 0 aliphatic heterocycles. The fourth-order valence-corrected chi connectivity index (χ4v) is 0.781. The Hall–Kier alpha value is 0.425. The minimum atomic E-state index is -0.312. The van der Waals surface area contributed by atoms with Gasteiger partial charge in [-0.15, -0.1) is 0 Å². The van der Waals surface area contributed by atoms with Crippen LogP contribution in [0.2, 0.25) is 0 Å². The van der Waals surface area contributed by atoms with Crippen molar-refractivity contribution in [2.75, 3.05) is 5.33 Å². The van der Waals surface area contributed by atoms with Crippen LogP contribution in [-0.2, 0) is 4.65 Å². The third-order valence-electron chi connectivity index (χ3n) is 0.911. The molecule has 0 amide bonds. The highest BCUT2D eigenvalue weighted by atomic mass is 79.9. The molecule has 0 bridgehead atoms. The van der Waals surface area contributed by atoms with Gasteiger partial charge in [-0.3, -0.25) is 0 Å². The summed E-state index contributed by atoms with van der Waals surface area (Å²) in [4.78, 5) is 0. The summed E-state index contributed by atoms with van der Waals surface area (Å²) in [5, 5.41) is 9.15. The lowest BCUT2D eigenvalue weighted by molar-refractivity contribution is 0.179. The first-order valence-corrected chi connectivity index (χ1v) is 3.97. The molecule has 0 aliphatic rings. The van der Waals surface area contributed by atoms with Gasteiger partial charge in [-0.05, 0) is 12.8 Å². The number of hydrogen-bond donors (Lipinski definition) is 2. The van der Waals surface area contributed by atoms with Crippen LogP contribution in [0.25, 0.3) is 0 Å². The summed E-state index contributed by atoms with van der Waals surface area (Å²) in [6, 6.07) is 0. The average molecular weight is 196 g/mol. The summed E-state index contributed by atoms with van der Waals surface area (Å²) in [7, 11) is -0.288. The Bertz CT molecular complexity index is 66.5. The highest BCUT2D eigenvalue weighted by molar-refractivity contribution is 9.09. The van der Waals surface area contributed by atoms with E-state index in [0.717, 1.165) is 18.2 Å². The van der Waals surface area contributed by atoms with Gasteiger partial charge in [0.25, 0.3) is 0 Å². The Morgan fingerprint density at radius 3 is 2.89 bits per heavy atom. The molecule has 0 radical (unpaired) electrons. The fourth-order valence-electron chi connectivity index (χ4n) is 0.457. The monoisotopic (exact) mass is 195 g/mol. The fraction of sp³-hybridized carbons (Fsp3) is 1.00. The molecule has 1 atom stereocenters. The standard InChI is InChI=1S/C4H11BBrNO2/c6-3-1-2-4(7)9-5-8/h4-5,8H,1-3,7H2. The molecule has 0 aliphatic carbocycles. The van der Waals surface area contributed by atoms with Crippen molar-refractivity contribution >= 4 is 23.6 Å². The molecule has 0 spiro atoms. The van der Waals surface area contributed by atoms with E-state index in [-0.39, 0.29) is 13.9 Å². The number of nitrogens with two attached hydrogens (primary N) is 1. The molecule has 0 aromatic heterocycles. The lowest BCUT2D eigenvalue weighted by atomic mass is 10.3. The maximum Gasteiger partial charge on any atom is 0.436 e. The molecule has 0 saturated heterocycles. The molecule has 1 unspecified atom stereocenters. The number of hydrogen-bond acceptors (Lipinski definition) is 3. The first kappa shape index (κ1) is 9.42. The molecule has 0 rings (SSSR count). The van der Waals surface area contributed by atoms with Gasteiger partial charge in [-0.2, -0.15) is 0 Å². The van der Waals surface area contributed by atoms with Crippen molar-refractivity contribution in [3.63, 3.8) is 0 Å². The third kappa shape index (κ3) is 6.31. The molecule has 3 nitrogen and oxygen atoms in total. The zero-order chi connectivity index (χ0) is 7.11. The minimum absolute atomic E-state index is 0.288. The second-order valence-corrected chi connectivity index (χ2v) is 2.46. The van der Waals surface area contributed by atoms with Crippen LogP contribution in [0, 0.1) is 0 Å². The van der Waals surface area contributed by atoms with E-state index in [1.54, 1.807) is 0 Å².